The summed E-state index contributed by atoms with van der Waals surface area (Å²) in [5.41, 5.74) is 1.70. The van der Waals surface area contributed by atoms with Crippen LogP contribution in [0.5, 0.6) is 0 Å². The van der Waals surface area contributed by atoms with Gasteiger partial charge in [-0.1, -0.05) is 48.5 Å². The third-order valence-corrected chi connectivity index (χ3v) is 3.54. The highest BCUT2D eigenvalue weighted by Gasteiger charge is 2.07. The Morgan fingerprint density at radius 3 is 2.65 bits per heavy atom. The van der Waals surface area contributed by atoms with Gasteiger partial charge in [-0.15, -0.1) is 0 Å². The Hall–Kier alpha value is -3.07. The summed E-state index contributed by atoms with van der Waals surface area (Å²) < 4.78 is 5.87. The van der Waals surface area contributed by atoms with Gasteiger partial charge >= 0.3 is 5.97 Å². The van der Waals surface area contributed by atoms with Crippen molar-refractivity contribution in [2.24, 2.45) is 0 Å². The summed E-state index contributed by atoms with van der Waals surface area (Å²) in [5, 5.41) is 11.0. The molecule has 0 fully saturated rings. The van der Waals surface area contributed by atoms with Gasteiger partial charge in [0.05, 0.1) is 0 Å². The minimum Gasteiger partial charge on any atom is -0.478 e. The second-order valence-corrected chi connectivity index (χ2v) is 5.29. The average molecular weight is 304 g/mol. The van der Waals surface area contributed by atoms with Crippen LogP contribution in [0.1, 0.15) is 12.7 Å². The molecule has 1 aromatic heterocycles. The van der Waals surface area contributed by atoms with E-state index in [1.807, 2.05) is 36.4 Å². The molecule has 3 nitrogen and oxygen atoms in total. The first-order chi connectivity index (χ1) is 11.1. The van der Waals surface area contributed by atoms with E-state index < -0.39 is 5.97 Å². The predicted molar refractivity (Wildman–Crippen MR) is 92.1 cm³/mol. The Morgan fingerprint density at radius 1 is 1.04 bits per heavy atom. The Morgan fingerprint density at radius 2 is 1.83 bits per heavy atom. The third kappa shape index (κ3) is 3.40. The number of benzene rings is 2. The van der Waals surface area contributed by atoms with Crippen LogP contribution in [0.15, 0.2) is 76.7 Å². The molecule has 23 heavy (non-hydrogen) atoms. The van der Waals surface area contributed by atoms with Gasteiger partial charge in [0.2, 0.25) is 0 Å². The van der Waals surface area contributed by atoms with E-state index in [2.05, 4.69) is 18.2 Å². The zero-order valence-electron chi connectivity index (χ0n) is 12.7. The van der Waals surface area contributed by atoms with Gasteiger partial charge in [0.15, 0.2) is 0 Å². The van der Waals surface area contributed by atoms with Gasteiger partial charge in [0.25, 0.3) is 0 Å². The SMILES string of the molecule is CC(/C=C/c1ccc(-c2cccc3ccccc23)o1)=C\C(=O)O. The number of carbonyl (C=O) groups is 1. The fourth-order valence-corrected chi connectivity index (χ4v) is 2.48. The van der Waals surface area contributed by atoms with Crippen LogP contribution in [0.4, 0.5) is 0 Å². The van der Waals surface area contributed by atoms with Crippen molar-refractivity contribution in [1.29, 1.82) is 0 Å². The second kappa shape index (κ2) is 6.36. The lowest BCUT2D eigenvalue weighted by atomic mass is 10.0. The number of carboxylic acids is 1. The first-order valence-electron chi connectivity index (χ1n) is 7.31. The molecule has 0 bridgehead atoms. The van der Waals surface area contributed by atoms with E-state index >= 15 is 0 Å². The smallest absolute Gasteiger partial charge is 0.328 e. The zero-order chi connectivity index (χ0) is 16.2. The zero-order valence-corrected chi connectivity index (χ0v) is 12.7. The monoisotopic (exact) mass is 304 g/mol. The van der Waals surface area contributed by atoms with Crippen molar-refractivity contribution in [3.05, 3.63) is 78.1 Å². The van der Waals surface area contributed by atoms with Gasteiger partial charge in [0.1, 0.15) is 11.5 Å². The first kappa shape index (κ1) is 14.9. The maximum Gasteiger partial charge on any atom is 0.328 e. The molecule has 0 radical (unpaired) electrons. The molecule has 3 aromatic rings. The number of carboxylic acid groups (broad SMARTS) is 1. The van der Waals surface area contributed by atoms with Crippen LogP contribution in [0.2, 0.25) is 0 Å². The van der Waals surface area contributed by atoms with Crippen molar-refractivity contribution < 1.29 is 14.3 Å². The molecule has 114 valence electrons. The van der Waals surface area contributed by atoms with Crippen molar-refractivity contribution in [2.75, 3.05) is 0 Å². The van der Waals surface area contributed by atoms with E-state index in [9.17, 15) is 4.79 Å². The molecule has 3 rings (SSSR count). The minimum atomic E-state index is -0.956. The lowest BCUT2D eigenvalue weighted by Gasteiger charge is -2.03. The number of hydrogen-bond acceptors (Lipinski definition) is 2. The van der Waals surface area contributed by atoms with Crippen LogP contribution < -0.4 is 0 Å². The summed E-state index contributed by atoms with van der Waals surface area (Å²) in [5.74, 6) is 0.524. The highest BCUT2D eigenvalue weighted by atomic mass is 16.4. The standard InChI is InChI=1S/C20H16O3/c1-14(13-20(21)22)9-10-16-11-12-19(23-16)18-8-4-6-15-5-2-3-7-17(15)18/h2-13H,1H3,(H,21,22)/b10-9+,14-13+. The summed E-state index contributed by atoms with van der Waals surface area (Å²) in [7, 11) is 0. The summed E-state index contributed by atoms with van der Waals surface area (Å²) in [4.78, 5) is 10.6. The summed E-state index contributed by atoms with van der Waals surface area (Å²) in [6.45, 7) is 1.74. The number of furan rings is 1. The summed E-state index contributed by atoms with van der Waals surface area (Å²) in [6, 6.07) is 18.1. The van der Waals surface area contributed by atoms with E-state index in [0.717, 1.165) is 22.8 Å². The largest absolute Gasteiger partial charge is 0.478 e. The second-order valence-electron chi connectivity index (χ2n) is 5.29. The van der Waals surface area contributed by atoms with Crippen LogP contribution in [0.25, 0.3) is 28.2 Å². The number of rotatable bonds is 4. The molecule has 0 amide bonds. The predicted octanol–water partition coefficient (Wildman–Crippen LogP) is 5.14. The Kier molecular flexibility index (Phi) is 4.11. The molecule has 0 saturated heterocycles. The van der Waals surface area contributed by atoms with E-state index in [-0.39, 0.29) is 0 Å². The van der Waals surface area contributed by atoms with Crippen LogP contribution >= 0.6 is 0 Å². The molecule has 0 unspecified atom stereocenters. The maximum absolute atomic E-state index is 10.6. The quantitative estimate of drug-likeness (QED) is 0.536. The van der Waals surface area contributed by atoms with Gasteiger partial charge in [-0.05, 0) is 41.5 Å². The highest BCUT2D eigenvalue weighted by Crippen LogP contribution is 2.30. The Balaban J connectivity index is 1.93. The minimum absolute atomic E-state index is 0.653. The molecule has 1 heterocycles. The number of allylic oxidation sites excluding steroid dienone is 2. The number of hydrogen-bond donors (Lipinski definition) is 1. The van der Waals surface area contributed by atoms with Crippen LogP contribution in [-0.2, 0) is 4.79 Å². The molecule has 0 aliphatic rings. The normalized spacial score (nSPS) is 12.1. The van der Waals surface area contributed by atoms with Gasteiger partial charge in [-0.25, -0.2) is 4.79 Å². The van der Waals surface area contributed by atoms with Crippen molar-refractivity contribution in [3.8, 4) is 11.3 Å². The van der Waals surface area contributed by atoms with Gasteiger partial charge in [0, 0.05) is 11.6 Å². The van der Waals surface area contributed by atoms with Crippen molar-refractivity contribution in [3.63, 3.8) is 0 Å². The number of aliphatic carboxylic acids is 1. The number of fused-ring (bicyclic) bond motifs is 1. The van der Waals surface area contributed by atoms with Crippen molar-refractivity contribution in [2.45, 2.75) is 6.92 Å². The van der Waals surface area contributed by atoms with E-state index in [4.69, 9.17) is 9.52 Å². The van der Waals surface area contributed by atoms with E-state index in [1.165, 1.54) is 5.39 Å². The average Bonchev–Trinajstić information content (AvgIpc) is 3.00. The van der Waals surface area contributed by atoms with E-state index in [1.54, 1.807) is 19.1 Å². The molecular formula is C20H16O3. The molecule has 2 aromatic carbocycles. The lowest BCUT2D eigenvalue weighted by Crippen LogP contribution is -1.87. The van der Waals surface area contributed by atoms with Crippen LogP contribution in [-0.4, -0.2) is 11.1 Å². The highest BCUT2D eigenvalue weighted by molar-refractivity contribution is 5.95. The Bertz CT molecular complexity index is 908. The lowest BCUT2D eigenvalue weighted by molar-refractivity contribution is -0.131. The molecule has 3 heteroatoms. The summed E-state index contributed by atoms with van der Waals surface area (Å²) in [6.07, 6.45) is 4.65. The topological polar surface area (TPSA) is 50.4 Å². The molecule has 0 atom stereocenters. The van der Waals surface area contributed by atoms with Gasteiger partial charge < -0.3 is 9.52 Å². The van der Waals surface area contributed by atoms with Crippen LogP contribution in [0, 0.1) is 0 Å². The first-order valence-corrected chi connectivity index (χ1v) is 7.31. The van der Waals surface area contributed by atoms with Crippen molar-refractivity contribution in [1.82, 2.24) is 0 Å². The molecular weight excluding hydrogens is 288 g/mol. The fourth-order valence-electron chi connectivity index (χ4n) is 2.48. The van der Waals surface area contributed by atoms with E-state index in [0.29, 0.717) is 11.3 Å². The summed E-state index contributed by atoms with van der Waals surface area (Å²) >= 11 is 0. The third-order valence-electron chi connectivity index (χ3n) is 3.54. The van der Waals surface area contributed by atoms with Gasteiger partial charge in [-0.2, -0.15) is 0 Å². The molecule has 0 saturated carbocycles. The molecule has 0 spiro atoms. The molecule has 0 aliphatic heterocycles. The van der Waals surface area contributed by atoms with Crippen LogP contribution in [0.3, 0.4) is 0 Å². The molecule has 0 aliphatic carbocycles. The van der Waals surface area contributed by atoms with Crippen molar-refractivity contribution >= 4 is 22.8 Å². The molecule has 1 N–H and O–H groups in total. The maximum atomic E-state index is 10.6. The fraction of sp³-hybridized carbons (Fsp3) is 0.0500. The Labute approximate surface area is 134 Å². The van der Waals surface area contributed by atoms with Gasteiger partial charge in [-0.3, -0.25) is 0 Å².